The van der Waals surface area contributed by atoms with Crippen LogP contribution in [0.15, 0.2) is 28.7 Å². The molecule has 2 aliphatic heterocycles. The largest absolute Gasteiger partial charge is 0.481 e. The fourth-order valence-electron chi connectivity index (χ4n) is 4.94. The third-order valence-electron chi connectivity index (χ3n) is 6.44. The number of thiol groups is 1. The zero-order chi connectivity index (χ0) is 19.9. The zero-order valence-corrected chi connectivity index (χ0v) is 18.4. The third kappa shape index (κ3) is 3.83. The van der Waals surface area contributed by atoms with E-state index in [-0.39, 0.29) is 10.7 Å². The Balaban J connectivity index is 1.68. The van der Waals surface area contributed by atoms with Crippen molar-refractivity contribution >= 4 is 36.2 Å². The molecule has 1 aromatic rings. The van der Waals surface area contributed by atoms with Crippen LogP contribution in [0.4, 0.5) is 5.69 Å². The van der Waals surface area contributed by atoms with Gasteiger partial charge >= 0.3 is 5.97 Å². The minimum absolute atomic E-state index is 0.0410. The van der Waals surface area contributed by atoms with Crippen LogP contribution in [0.2, 0.25) is 0 Å². The third-order valence-corrected chi connectivity index (χ3v) is 8.13. The number of nitrogens with zero attached hydrogens (tertiary/aromatic N) is 1. The van der Waals surface area contributed by atoms with Crippen LogP contribution in [-0.4, -0.2) is 24.2 Å². The lowest BCUT2D eigenvalue weighted by Gasteiger charge is -2.31. The van der Waals surface area contributed by atoms with Gasteiger partial charge in [-0.2, -0.15) is 0 Å². The maximum Gasteiger partial charge on any atom is 0.312 e. The molecule has 3 aliphatic rings. The van der Waals surface area contributed by atoms with Crippen molar-refractivity contribution in [2.75, 3.05) is 18.0 Å². The lowest BCUT2D eigenvalue weighted by atomic mass is 9.73. The molecular formula is C22H30N2O2S2. The van der Waals surface area contributed by atoms with Gasteiger partial charge in [-0.15, -0.1) is 11.8 Å². The molecule has 2 atom stereocenters. The van der Waals surface area contributed by atoms with Gasteiger partial charge in [-0.3, -0.25) is 9.52 Å². The Kier molecular flexibility index (Phi) is 5.73. The lowest BCUT2D eigenvalue weighted by Crippen LogP contribution is -2.25. The standard InChI is InChI=1S/C22H30N2O2S2/c1-22(2)8-7-18-17(12-22)19(21(25)26)20(28-18)16-6-5-15(11-14(16)13-23-27)24-9-3-4-10-24/h5-6,11,19-20,23,27H,3-4,7-10,12-13H2,1-2H3,(H,25,26). The zero-order valence-electron chi connectivity index (χ0n) is 16.7. The first kappa shape index (κ1) is 20.2. The van der Waals surface area contributed by atoms with E-state index in [2.05, 4.69) is 54.5 Å². The average Bonchev–Trinajstić information content (AvgIpc) is 3.28. The molecule has 2 N–H and O–H groups in total. The number of nitrogens with one attached hydrogen (secondary N) is 1. The van der Waals surface area contributed by atoms with Crippen LogP contribution in [0.5, 0.6) is 0 Å². The molecule has 0 spiro atoms. The molecule has 0 saturated carbocycles. The highest BCUT2D eigenvalue weighted by molar-refractivity contribution is 8.03. The number of allylic oxidation sites excluding steroid dienone is 1. The van der Waals surface area contributed by atoms with Gasteiger partial charge in [0, 0.05) is 25.3 Å². The molecule has 28 heavy (non-hydrogen) atoms. The van der Waals surface area contributed by atoms with Crippen LogP contribution < -0.4 is 9.62 Å². The molecule has 0 radical (unpaired) electrons. The molecule has 1 aliphatic carbocycles. The SMILES string of the molecule is CC1(C)CCC2=C(C1)C(C(=O)O)C(c1ccc(N3CCCC3)cc1CNS)S2. The predicted octanol–water partition coefficient (Wildman–Crippen LogP) is 5.17. The molecule has 2 unspecified atom stereocenters. The smallest absolute Gasteiger partial charge is 0.312 e. The molecule has 2 heterocycles. The van der Waals surface area contributed by atoms with Crippen molar-refractivity contribution in [2.24, 2.45) is 11.3 Å². The van der Waals surface area contributed by atoms with Crippen LogP contribution in [0.1, 0.15) is 62.3 Å². The Labute approximate surface area is 177 Å². The second kappa shape index (κ2) is 7.96. The van der Waals surface area contributed by atoms with E-state index in [1.165, 1.54) is 34.6 Å². The molecule has 0 amide bonds. The number of carboxylic acid groups (broad SMARTS) is 1. The van der Waals surface area contributed by atoms with Gasteiger partial charge < -0.3 is 10.0 Å². The Morgan fingerprint density at radius 3 is 2.79 bits per heavy atom. The van der Waals surface area contributed by atoms with Gasteiger partial charge in [-0.1, -0.05) is 32.7 Å². The fraction of sp³-hybridized carbons (Fsp3) is 0.591. The molecule has 4 nitrogen and oxygen atoms in total. The number of carboxylic acids is 1. The summed E-state index contributed by atoms with van der Waals surface area (Å²) < 4.78 is 2.99. The van der Waals surface area contributed by atoms with E-state index < -0.39 is 11.9 Å². The summed E-state index contributed by atoms with van der Waals surface area (Å²) in [5, 5.41) is 10.1. The number of carbonyl (C=O) groups is 1. The molecule has 4 rings (SSSR count). The van der Waals surface area contributed by atoms with E-state index >= 15 is 0 Å². The number of rotatable bonds is 5. The summed E-state index contributed by atoms with van der Waals surface area (Å²) in [7, 11) is 0. The quantitative estimate of drug-likeness (QED) is 0.576. The van der Waals surface area contributed by atoms with Crippen LogP contribution in [0, 0.1) is 11.3 Å². The molecule has 1 aromatic carbocycles. The van der Waals surface area contributed by atoms with Gasteiger partial charge in [0.05, 0.1) is 11.2 Å². The number of aliphatic carboxylic acids is 1. The highest BCUT2D eigenvalue weighted by Crippen LogP contribution is 2.59. The number of hydrogen-bond acceptors (Lipinski definition) is 5. The number of benzene rings is 1. The summed E-state index contributed by atoms with van der Waals surface area (Å²) in [6.45, 7) is 7.37. The Morgan fingerprint density at radius 1 is 1.36 bits per heavy atom. The summed E-state index contributed by atoms with van der Waals surface area (Å²) in [6.07, 6.45) is 5.53. The van der Waals surface area contributed by atoms with E-state index in [0.29, 0.717) is 6.54 Å². The summed E-state index contributed by atoms with van der Waals surface area (Å²) in [6, 6.07) is 6.60. The summed E-state index contributed by atoms with van der Waals surface area (Å²) in [4.78, 5) is 16.1. The summed E-state index contributed by atoms with van der Waals surface area (Å²) in [5.74, 6) is -1.11. The van der Waals surface area contributed by atoms with Crippen molar-refractivity contribution in [3.05, 3.63) is 39.8 Å². The minimum atomic E-state index is -0.686. The van der Waals surface area contributed by atoms with Crippen molar-refractivity contribution in [3.63, 3.8) is 0 Å². The van der Waals surface area contributed by atoms with Gasteiger partial charge in [0.1, 0.15) is 0 Å². The van der Waals surface area contributed by atoms with Gasteiger partial charge in [0.15, 0.2) is 0 Å². The number of thioether (sulfide) groups is 1. The minimum Gasteiger partial charge on any atom is -0.481 e. The maximum atomic E-state index is 12.3. The maximum absolute atomic E-state index is 12.3. The van der Waals surface area contributed by atoms with Crippen LogP contribution in [0.25, 0.3) is 0 Å². The first-order chi connectivity index (χ1) is 13.4. The average molecular weight is 419 g/mol. The van der Waals surface area contributed by atoms with E-state index in [9.17, 15) is 9.90 Å². The molecular weight excluding hydrogens is 388 g/mol. The van der Waals surface area contributed by atoms with Crippen LogP contribution in [-0.2, 0) is 11.3 Å². The van der Waals surface area contributed by atoms with Crippen molar-refractivity contribution in [3.8, 4) is 0 Å². The van der Waals surface area contributed by atoms with E-state index in [0.717, 1.165) is 37.9 Å². The molecule has 0 bridgehead atoms. The predicted molar refractivity (Wildman–Crippen MR) is 120 cm³/mol. The highest BCUT2D eigenvalue weighted by atomic mass is 32.2. The second-order valence-electron chi connectivity index (χ2n) is 9.06. The van der Waals surface area contributed by atoms with Crippen molar-refractivity contribution in [1.82, 2.24) is 4.72 Å². The summed E-state index contributed by atoms with van der Waals surface area (Å²) >= 11 is 6.03. The first-order valence-electron chi connectivity index (χ1n) is 10.3. The van der Waals surface area contributed by atoms with E-state index in [1.54, 1.807) is 11.8 Å². The van der Waals surface area contributed by atoms with Gasteiger partial charge in [0.25, 0.3) is 0 Å². The highest BCUT2D eigenvalue weighted by Gasteiger charge is 2.45. The molecule has 1 saturated heterocycles. The second-order valence-corrected chi connectivity index (χ2v) is 10.6. The van der Waals surface area contributed by atoms with Gasteiger partial charge in [-0.05, 0) is 71.3 Å². The topological polar surface area (TPSA) is 52.6 Å². The monoisotopic (exact) mass is 418 g/mol. The summed E-state index contributed by atoms with van der Waals surface area (Å²) in [5.41, 5.74) is 4.92. The molecule has 152 valence electrons. The molecule has 0 aromatic heterocycles. The molecule has 1 fully saturated rings. The fourth-order valence-corrected chi connectivity index (χ4v) is 6.76. The number of hydrogen-bond donors (Lipinski definition) is 3. The lowest BCUT2D eigenvalue weighted by molar-refractivity contribution is -0.140. The van der Waals surface area contributed by atoms with E-state index in [1.807, 2.05) is 0 Å². The van der Waals surface area contributed by atoms with Crippen molar-refractivity contribution in [2.45, 2.75) is 57.7 Å². The van der Waals surface area contributed by atoms with E-state index in [4.69, 9.17) is 0 Å². The van der Waals surface area contributed by atoms with Crippen LogP contribution in [0.3, 0.4) is 0 Å². The Bertz CT molecular complexity index is 800. The Morgan fingerprint density at radius 2 is 2.11 bits per heavy atom. The van der Waals surface area contributed by atoms with Crippen molar-refractivity contribution in [1.29, 1.82) is 0 Å². The Hall–Kier alpha value is -1.11. The first-order valence-corrected chi connectivity index (χ1v) is 11.6. The van der Waals surface area contributed by atoms with Gasteiger partial charge in [-0.25, -0.2) is 0 Å². The van der Waals surface area contributed by atoms with Crippen LogP contribution >= 0.6 is 24.6 Å². The van der Waals surface area contributed by atoms with Crippen molar-refractivity contribution < 1.29 is 9.90 Å². The van der Waals surface area contributed by atoms with Gasteiger partial charge in [0.2, 0.25) is 0 Å². The number of anilines is 1. The normalized spacial score (nSPS) is 26.6. The molecule has 6 heteroatoms.